The van der Waals surface area contributed by atoms with Gasteiger partial charge in [-0.2, -0.15) is 0 Å². The molecule has 0 unspecified atom stereocenters. The van der Waals surface area contributed by atoms with Crippen LogP contribution >= 0.6 is 0 Å². The highest BCUT2D eigenvalue weighted by atomic mass is 16.2. The minimum absolute atomic E-state index is 0.266. The smallest absolute Gasteiger partial charge is 0.180 e. The lowest BCUT2D eigenvalue weighted by atomic mass is 10.2. The summed E-state index contributed by atoms with van der Waals surface area (Å²) in [5, 5.41) is 12.1. The van der Waals surface area contributed by atoms with Gasteiger partial charge in [0.25, 0.3) is 0 Å². The number of nitrogens with zero attached hydrogens (tertiary/aromatic N) is 4. The fraction of sp³-hybridized carbons (Fsp3) is 0.571. The quantitative estimate of drug-likeness (QED) is 0.720. The van der Waals surface area contributed by atoms with Gasteiger partial charge in [-0.25, -0.2) is 9.97 Å². The van der Waals surface area contributed by atoms with E-state index in [-0.39, 0.29) is 6.61 Å². The number of aliphatic hydroxyl groups excluding tert-OH is 1. The third-order valence-corrected chi connectivity index (χ3v) is 3.23. The Hall–Kier alpha value is -1.82. The summed E-state index contributed by atoms with van der Waals surface area (Å²) in [4.78, 5) is 11.1. The lowest BCUT2D eigenvalue weighted by Crippen LogP contribution is -2.21. The molecule has 2 heterocycles. The van der Waals surface area contributed by atoms with Gasteiger partial charge in [-0.15, -0.1) is 0 Å². The zero-order chi connectivity index (χ0) is 14.4. The number of nitrogens with one attached hydrogen (secondary N) is 1. The molecular weight excluding hydrogens is 254 g/mol. The van der Waals surface area contributed by atoms with Gasteiger partial charge in [0.2, 0.25) is 0 Å². The second kappa shape index (κ2) is 7.09. The lowest BCUT2D eigenvalue weighted by molar-refractivity contribution is 0.283. The van der Waals surface area contributed by atoms with Crippen LogP contribution in [-0.2, 0) is 0 Å². The molecule has 0 fully saturated rings. The van der Waals surface area contributed by atoms with E-state index in [1.165, 1.54) is 0 Å². The average Bonchev–Trinajstić information content (AvgIpc) is 2.91. The summed E-state index contributed by atoms with van der Waals surface area (Å²) in [6, 6.07) is 0. The maximum atomic E-state index is 8.81. The molecule has 110 valence electrons. The Bertz CT molecular complexity index is 539. The number of unbranched alkanes of at least 4 members (excludes halogenated alkanes) is 2. The van der Waals surface area contributed by atoms with Gasteiger partial charge in [0.15, 0.2) is 11.5 Å². The van der Waals surface area contributed by atoms with Crippen LogP contribution in [0.1, 0.15) is 26.2 Å². The number of hydrogen-bond donors (Lipinski definition) is 2. The SMILES string of the molecule is CCNc1cn2ccnc2c(N(C)CCCCCO)n1. The second-order valence-corrected chi connectivity index (χ2v) is 4.84. The largest absolute Gasteiger partial charge is 0.396 e. The van der Waals surface area contributed by atoms with Gasteiger partial charge in [-0.05, 0) is 26.2 Å². The molecule has 2 aromatic heterocycles. The lowest BCUT2D eigenvalue weighted by Gasteiger charge is -2.19. The molecule has 0 aliphatic carbocycles. The Labute approximate surface area is 119 Å². The first-order valence-electron chi connectivity index (χ1n) is 7.15. The van der Waals surface area contributed by atoms with Crippen molar-refractivity contribution in [3.8, 4) is 0 Å². The van der Waals surface area contributed by atoms with Crippen molar-refractivity contribution in [1.29, 1.82) is 0 Å². The summed E-state index contributed by atoms with van der Waals surface area (Å²) in [6.45, 7) is 4.07. The average molecular weight is 277 g/mol. The van der Waals surface area contributed by atoms with Gasteiger partial charge < -0.3 is 19.7 Å². The Morgan fingerprint density at radius 1 is 1.35 bits per heavy atom. The Morgan fingerprint density at radius 3 is 2.95 bits per heavy atom. The Balaban J connectivity index is 2.15. The van der Waals surface area contributed by atoms with Crippen LogP contribution in [0.4, 0.5) is 11.6 Å². The predicted molar refractivity (Wildman–Crippen MR) is 81.4 cm³/mol. The van der Waals surface area contributed by atoms with E-state index < -0.39 is 0 Å². The zero-order valence-electron chi connectivity index (χ0n) is 12.2. The highest BCUT2D eigenvalue weighted by Gasteiger charge is 2.11. The van der Waals surface area contributed by atoms with Crippen molar-refractivity contribution >= 4 is 17.3 Å². The summed E-state index contributed by atoms with van der Waals surface area (Å²) in [6.07, 6.45) is 8.60. The van der Waals surface area contributed by atoms with Crippen molar-refractivity contribution in [1.82, 2.24) is 14.4 Å². The van der Waals surface area contributed by atoms with Crippen LogP contribution < -0.4 is 10.2 Å². The number of hydrogen-bond acceptors (Lipinski definition) is 5. The number of rotatable bonds is 8. The van der Waals surface area contributed by atoms with E-state index in [4.69, 9.17) is 5.11 Å². The van der Waals surface area contributed by atoms with Crippen LogP contribution in [0, 0.1) is 0 Å². The third-order valence-electron chi connectivity index (χ3n) is 3.23. The molecule has 0 spiro atoms. The minimum atomic E-state index is 0.266. The van der Waals surface area contributed by atoms with E-state index in [0.29, 0.717) is 0 Å². The van der Waals surface area contributed by atoms with E-state index in [9.17, 15) is 0 Å². The first kappa shape index (κ1) is 14.6. The van der Waals surface area contributed by atoms with Crippen molar-refractivity contribution in [2.75, 3.05) is 37.0 Å². The van der Waals surface area contributed by atoms with E-state index >= 15 is 0 Å². The standard InChI is InChI=1S/C14H23N5O/c1-3-15-12-11-19-9-7-16-13(19)14(17-12)18(2)8-5-4-6-10-20/h7,9,11,15,20H,3-6,8,10H2,1-2H3. The number of anilines is 2. The molecule has 2 rings (SSSR count). The van der Waals surface area contributed by atoms with Crippen LogP contribution in [0.15, 0.2) is 18.6 Å². The van der Waals surface area contributed by atoms with Crippen LogP contribution in [0.3, 0.4) is 0 Å². The molecular formula is C14H23N5O. The third kappa shape index (κ3) is 3.39. The van der Waals surface area contributed by atoms with Gasteiger partial charge in [-0.3, -0.25) is 0 Å². The van der Waals surface area contributed by atoms with Crippen LogP contribution in [0.25, 0.3) is 5.65 Å². The van der Waals surface area contributed by atoms with Crippen molar-refractivity contribution < 1.29 is 5.11 Å². The summed E-state index contributed by atoms with van der Waals surface area (Å²) < 4.78 is 1.99. The fourth-order valence-electron chi connectivity index (χ4n) is 2.18. The van der Waals surface area contributed by atoms with Gasteiger partial charge in [0.05, 0.1) is 6.20 Å². The number of aromatic nitrogens is 3. The minimum Gasteiger partial charge on any atom is -0.396 e. The summed E-state index contributed by atoms with van der Waals surface area (Å²) in [7, 11) is 2.03. The molecule has 0 atom stereocenters. The van der Waals surface area contributed by atoms with E-state index in [2.05, 4.69) is 27.1 Å². The first-order valence-corrected chi connectivity index (χ1v) is 7.15. The molecule has 2 aromatic rings. The number of fused-ring (bicyclic) bond motifs is 1. The molecule has 0 saturated heterocycles. The summed E-state index contributed by atoms with van der Waals surface area (Å²) in [5.41, 5.74) is 0.872. The highest BCUT2D eigenvalue weighted by molar-refractivity contribution is 5.66. The van der Waals surface area contributed by atoms with Gasteiger partial charge in [0, 0.05) is 39.1 Å². The molecule has 0 bridgehead atoms. The topological polar surface area (TPSA) is 65.7 Å². The van der Waals surface area contributed by atoms with Crippen molar-refractivity contribution in [3.63, 3.8) is 0 Å². The number of imidazole rings is 1. The molecule has 0 amide bonds. The van der Waals surface area contributed by atoms with Gasteiger partial charge in [0.1, 0.15) is 5.82 Å². The normalized spacial score (nSPS) is 10.9. The van der Waals surface area contributed by atoms with Crippen LogP contribution in [0.5, 0.6) is 0 Å². The predicted octanol–water partition coefficient (Wildman–Crippen LogP) is 1.76. The highest BCUT2D eigenvalue weighted by Crippen LogP contribution is 2.20. The molecule has 6 nitrogen and oxygen atoms in total. The molecule has 0 saturated carbocycles. The summed E-state index contributed by atoms with van der Waals surface area (Å²) in [5.74, 6) is 1.74. The van der Waals surface area contributed by atoms with E-state index in [1.807, 2.05) is 23.8 Å². The Morgan fingerprint density at radius 2 is 2.20 bits per heavy atom. The number of aliphatic hydroxyl groups is 1. The summed E-state index contributed by atoms with van der Waals surface area (Å²) >= 11 is 0. The monoisotopic (exact) mass is 277 g/mol. The maximum Gasteiger partial charge on any atom is 0.180 e. The van der Waals surface area contributed by atoms with Crippen LogP contribution in [0.2, 0.25) is 0 Å². The van der Waals surface area contributed by atoms with Crippen molar-refractivity contribution in [2.24, 2.45) is 0 Å². The fourth-order valence-corrected chi connectivity index (χ4v) is 2.18. The second-order valence-electron chi connectivity index (χ2n) is 4.84. The molecule has 0 aliphatic heterocycles. The van der Waals surface area contributed by atoms with E-state index in [1.54, 1.807) is 6.20 Å². The molecule has 20 heavy (non-hydrogen) atoms. The maximum absolute atomic E-state index is 8.81. The van der Waals surface area contributed by atoms with Crippen molar-refractivity contribution in [2.45, 2.75) is 26.2 Å². The first-order chi connectivity index (χ1) is 9.76. The van der Waals surface area contributed by atoms with E-state index in [0.717, 1.165) is 49.6 Å². The van der Waals surface area contributed by atoms with Crippen LogP contribution in [-0.4, -0.2) is 46.2 Å². The van der Waals surface area contributed by atoms with Crippen molar-refractivity contribution in [3.05, 3.63) is 18.6 Å². The van der Waals surface area contributed by atoms with Gasteiger partial charge in [-0.1, -0.05) is 0 Å². The molecule has 0 radical (unpaired) electrons. The Kier molecular flexibility index (Phi) is 5.17. The zero-order valence-corrected chi connectivity index (χ0v) is 12.2. The molecule has 2 N–H and O–H groups in total. The molecule has 6 heteroatoms. The molecule has 0 aromatic carbocycles. The molecule has 0 aliphatic rings. The van der Waals surface area contributed by atoms with Gasteiger partial charge >= 0.3 is 0 Å².